The molecule has 0 aromatic carbocycles. The van der Waals surface area contributed by atoms with Crippen LogP contribution in [0, 0.1) is 0 Å². The van der Waals surface area contributed by atoms with Gasteiger partial charge in [0.2, 0.25) is 0 Å². The maximum absolute atomic E-state index is 12.6. The fraction of sp³-hybridized carbons (Fsp3) is 0.444. The summed E-state index contributed by atoms with van der Waals surface area (Å²) in [5.41, 5.74) is 9.48. The molecule has 0 atom stereocenters. The number of nitrogens with two attached hydrogens (primary N) is 1. The average molecular weight is 338 g/mol. The number of aliphatic imine (C=N–C) groups is 1. The van der Waals surface area contributed by atoms with Crippen molar-refractivity contribution in [3.8, 4) is 0 Å². The van der Waals surface area contributed by atoms with Crippen LogP contribution in [0.2, 0.25) is 0 Å². The number of nitrogens with one attached hydrogen (secondary N) is 1. The lowest BCUT2D eigenvalue weighted by atomic mass is 10.0. The second kappa shape index (κ2) is 6.76. The number of aromatic amines is 1. The van der Waals surface area contributed by atoms with Crippen molar-refractivity contribution in [2.75, 3.05) is 18.8 Å². The van der Waals surface area contributed by atoms with E-state index in [-0.39, 0.29) is 5.56 Å². The Morgan fingerprint density at radius 3 is 3.00 bits per heavy atom. The van der Waals surface area contributed by atoms with Gasteiger partial charge in [-0.1, -0.05) is 6.07 Å². The predicted molar refractivity (Wildman–Crippen MR) is 96.6 cm³/mol. The lowest BCUT2D eigenvalue weighted by Gasteiger charge is -2.28. The van der Waals surface area contributed by atoms with Gasteiger partial charge >= 0.3 is 0 Å². The van der Waals surface area contributed by atoms with Crippen molar-refractivity contribution >= 4 is 11.5 Å². The summed E-state index contributed by atoms with van der Waals surface area (Å²) < 4.78 is 0. The highest BCUT2D eigenvalue weighted by molar-refractivity contribution is 5.97. The van der Waals surface area contributed by atoms with Crippen LogP contribution in [0.4, 0.5) is 5.82 Å². The van der Waals surface area contributed by atoms with Crippen LogP contribution in [-0.4, -0.2) is 38.7 Å². The summed E-state index contributed by atoms with van der Waals surface area (Å²) in [7, 11) is 0. The third-order valence-corrected chi connectivity index (χ3v) is 4.87. The van der Waals surface area contributed by atoms with Gasteiger partial charge in [-0.15, -0.1) is 0 Å². The Morgan fingerprint density at radius 1 is 1.28 bits per heavy atom. The minimum absolute atomic E-state index is 0.0443. The van der Waals surface area contributed by atoms with Gasteiger partial charge in [0.1, 0.15) is 5.82 Å². The van der Waals surface area contributed by atoms with Crippen molar-refractivity contribution in [1.82, 2.24) is 19.9 Å². The van der Waals surface area contributed by atoms with Gasteiger partial charge in [0, 0.05) is 44.4 Å². The number of rotatable bonds is 3. The standard InChI is InChI=1S/C18H22N6O/c19-16-12(4-3-8-21-16)10-24-9-6-14-13(11-24)18(25)23-17(22-14)15-5-1-2-7-20-15/h3-4,8H,1-2,5-7,9-11H2,(H2,19,21)(H,22,23,25). The van der Waals surface area contributed by atoms with Gasteiger partial charge in [-0.25, -0.2) is 9.97 Å². The van der Waals surface area contributed by atoms with Crippen molar-refractivity contribution in [3.05, 3.63) is 51.3 Å². The Kier molecular flexibility index (Phi) is 4.31. The second-order valence-electron chi connectivity index (χ2n) is 6.63. The fourth-order valence-corrected chi connectivity index (χ4v) is 3.47. The minimum atomic E-state index is -0.0443. The molecule has 0 amide bonds. The summed E-state index contributed by atoms with van der Waals surface area (Å²) in [6.07, 6.45) is 5.58. The smallest absolute Gasteiger partial charge is 0.255 e. The van der Waals surface area contributed by atoms with Crippen LogP contribution >= 0.6 is 0 Å². The zero-order valence-electron chi connectivity index (χ0n) is 14.2. The van der Waals surface area contributed by atoms with E-state index in [4.69, 9.17) is 10.7 Å². The third kappa shape index (κ3) is 3.32. The molecule has 7 nitrogen and oxygen atoms in total. The SMILES string of the molecule is Nc1ncccc1CN1CCc2nc(C3=NCCCC3)[nH]c(=O)c2C1. The summed E-state index contributed by atoms with van der Waals surface area (Å²) in [5.74, 6) is 1.21. The molecule has 0 bridgehead atoms. The fourth-order valence-electron chi connectivity index (χ4n) is 3.47. The van der Waals surface area contributed by atoms with Crippen LogP contribution in [0.25, 0.3) is 0 Å². The Morgan fingerprint density at radius 2 is 2.20 bits per heavy atom. The molecular formula is C18H22N6O. The molecule has 4 rings (SSSR count). The minimum Gasteiger partial charge on any atom is -0.383 e. The van der Waals surface area contributed by atoms with Crippen molar-refractivity contribution in [1.29, 1.82) is 0 Å². The molecule has 2 aliphatic heterocycles. The molecule has 130 valence electrons. The molecule has 0 radical (unpaired) electrons. The van der Waals surface area contributed by atoms with Crippen molar-refractivity contribution in [2.45, 2.75) is 38.8 Å². The van der Waals surface area contributed by atoms with Gasteiger partial charge in [0.15, 0.2) is 5.82 Å². The first-order valence-corrected chi connectivity index (χ1v) is 8.78. The zero-order valence-corrected chi connectivity index (χ0v) is 14.2. The molecular weight excluding hydrogens is 316 g/mol. The molecule has 2 aromatic heterocycles. The van der Waals surface area contributed by atoms with E-state index < -0.39 is 0 Å². The van der Waals surface area contributed by atoms with Crippen LogP contribution in [-0.2, 0) is 19.5 Å². The topological polar surface area (TPSA) is 100 Å². The van der Waals surface area contributed by atoms with E-state index in [0.717, 1.165) is 61.3 Å². The third-order valence-electron chi connectivity index (χ3n) is 4.87. The maximum atomic E-state index is 12.6. The van der Waals surface area contributed by atoms with E-state index >= 15 is 0 Å². The molecule has 0 unspecified atom stereocenters. The molecule has 4 heterocycles. The van der Waals surface area contributed by atoms with E-state index in [0.29, 0.717) is 24.7 Å². The molecule has 2 aliphatic rings. The second-order valence-corrected chi connectivity index (χ2v) is 6.63. The maximum Gasteiger partial charge on any atom is 0.255 e. The van der Waals surface area contributed by atoms with E-state index in [1.165, 1.54) is 0 Å². The van der Waals surface area contributed by atoms with E-state index in [1.807, 2.05) is 12.1 Å². The van der Waals surface area contributed by atoms with Gasteiger partial charge in [-0.2, -0.15) is 0 Å². The first-order valence-electron chi connectivity index (χ1n) is 8.78. The highest BCUT2D eigenvalue weighted by Crippen LogP contribution is 2.19. The van der Waals surface area contributed by atoms with E-state index in [1.54, 1.807) is 6.20 Å². The van der Waals surface area contributed by atoms with Crippen molar-refractivity contribution in [3.63, 3.8) is 0 Å². The Hall–Kier alpha value is -2.54. The number of anilines is 1. The highest BCUT2D eigenvalue weighted by atomic mass is 16.1. The largest absolute Gasteiger partial charge is 0.383 e. The van der Waals surface area contributed by atoms with Crippen LogP contribution in [0.15, 0.2) is 28.1 Å². The monoisotopic (exact) mass is 338 g/mol. The quantitative estimate of drug-likeness (QED) is 0.878. The highest BCUT2D eigenvalue weighted by Gasteiger charge is 2.23. The normalized spacial score (nSPS) is 17.8. The lowest BCUT2D eigenvalue weighted by molar-refractivity contribution is 0.242. The van der Waals surface area contributed by atoms with Gasteiger partial charge in [0.25, 0.3) is 5.56 Å². The predicted octanol–water partition coefficient (Wildman–Crippen LogP) is 1.28. The number of nitrogens with zero attached hydrogens (tertiary/aromatic N) is 4. The molecule has 0 fully saturated rings. The molecule has 2 aromatic rings. The average Bonchev–Trinajstić information content (AvgIpc) is 2.65. The first kappa shape index (κ1) is 16.0. The Balaban J connectivity index is 1.56. The summed E-state index contributed by atoms with van der Waals surface area (Å²) in [5, 5.41) is 0. The first-order chi connectivity index (χ1) is 12.2. The summed E-state index contributed by atoms with van der Waals surface area (Å²) in [6, 6.07) is 3.86. The van der Waals surface area contributed by atoms with E-state index in [9.17, 15) is 4.79 Å². The molecule has 3 N–H and O–H groups in total. The van der Waals surface area contributed by atoms with Gasteiger partial charge in [-0.05, 0) is 25.3 Å². The Bertz CT molecular complexity index is 872. The molecule has 0 aliphatic carbocycles. The van der Waals surface area contributed by atoms with Crippen LogP contribution in [0.1, 0.15) is 41.9 Å². The van der Waals surface area contributed by atoms with Crippen molar-refractivity contribution < 1.29 is 0 Å². The molecule has 25 heavy (non-hydrogen) atoms. The van der Waals surface area contributed by atoms with Crippen LogP contribution in [0.5, 0.6) is 0 Å². The van der Waals surface area contributed by atoms with E-state index in [2.05, 4.69) is 19.9 Å². The lowest BCUT2D eigenvalue weighted by Crippen LogP contribution is -2.36. The summed E-state index contributed by atoms with van der Waals surface area (Å²) >= 11 is 0. The number of nitrogen functional groups attached to an aromatic ring is 1. The number of hydrogen-bond acceptors (Lipinski definition) is 6. The van der Waals surface area contributed by atoms with Crippen LogP contribution < -0.4 is 11.3 Å². The molecule has 0 saturated heterocycles. The number of hydrogen-bond donors (Lipinski definition) is 2. The molecule has 7 heteroatoms. The summed E-state index contributed by atoms with van der Waals surface area (Å²) in [6.45, 7) is 2.95. The number of aromatic nitrogens is 3. The number of H-pyrrole nitrogens is 1. The molecule has 0 saturated carbocycles. The molecule has 0 spiro atoms. The number of pyridine rings is 1. The summed E-state index contributed by atoms with van der Waals surface area (Å²) in [4.78, 5) is 31.1. The van der Waals surface area contributed by atoms with Crippen LogP contribution in [0.3, 0.4) is 0 Å². The zero-order chi connectivity index (χ0) is 17.2. The van der Waals surface area contributed by atoms with Gasteiger partial charge in [0.05, 0.1) is 17.0 Å². The van der Waals surface area contributed by atoms with Gasteiger partial charge < -0.3 is 10.7 Å². The number of fused-ring (bicyclic) bond motifs is 1. The van der Waals surface area contributed by atoms with Crippen molar-refractivity contribution in [2.24, 2.45) is 4.99 Å². The van der Waals surface area contributed by atoms with Gasteiger partial charge in [-0.3, -0.25) is 14.7 Å². The Labute approximate surface area is 146 Å².